The maximum atomic E-state index is 12.1. The first-order chi connectivity index (χ1) is 8.51. The predicted octanol–water partition coefficient (Wildman–Crippen LogP) is 0.785. The summed E-state index contributed by atoms with van der Waals surface area (Å²) in [5.41, 5.74) is 0. The van der Waals surface area contributed by atoms with Gasteiger partial charge in [-0.2, -0.15) is 0 Å². The van der Waals surface area contributed by atoms with Crippen LogP contribution in [0.2, 0.25) is 0 Å². The van der Waals surface area contributed by atoms with Crippen LogP contribution in [0, 0.1) is 5.92 Å². The van der Waals surface area contributed by atoms with Crippen LogP contribution in [-0.4, -0.2) is 49.1 Å². The van der Waals surface area contributed by atoms with Gasteiger partial charge in [-0.05, 0) is 19.3 Å². The number of amides is 2. The lowest BCUT2D eigenvalue weighted by Gasteiger charge is -2.22. The third kappa shape index (κ3) is 3.53. The molecule has 0 radical (unpaired) electrons. The van der Waals surface area contributed by atoms with Crippen LogP contribution in [0.1, 0.15) is 33.6 Å². The van der Waals surface area contributed by atoms with Crippen LogP contribution >= 0.6 is 0 Å². The Morgan fingerprint density at radius 3 is 2.67 bits per heavy atom. The van der Waals surface area contributed by atoms with Gasteiger partial charge in [-0.1, -0.05) is 13.8 Å². The second kappa shape index (κ2) is 6.85. The summed E-state index contributed by atoms with van der Waals surface area (Å²) >= 11 is 0. The van der Waals surface area contributed by atoms with Crippen LogP contribution < -0.4 is 5.32 Å². The average molecular weight is 256 g/mol. The molecule has 18 heavy (non-hydrogen) atoms. The maximum absolute atomic E-state index is 12.1. The van der Waals surface area contributed by atoms with E-state index in [9.17, 15) is 9.59 Å². The molecule has 1 rings (SSSR count). The van der Waals surface area contributed by atoms with Crippen molar-refractivity contribution in [2.24, 2.45) is 5.92 Å². The van der Waals surface area contributed by atoms with E-state index in [0.717, 1.165) is 6.42 Å². The Kier molecular flexibility index (Phi) is 5.75. The van der Waals surface area contributed by atoms with Gasteiger partial charge in [-0.15, -0.1) is 0 Å². The monoisotopic (exact) mass is 256 g/mol. The number of methoxy groups -OCH3 is 1. The normalized spacial score (nSPS) is 23.6. The molecule has 0 spiro atoms. The molecule has 1 fully saturated rings. The summed E-state index contributed by atoms with van der Waals surface area (Å²) in [5, 5.41) is 3.16. The lowest BCUT2D eigenvalue weighted by Crippen LogP contribution is -2.43. The molecule has 1 saturated heterocycles. The first-order valence-corrected chi connectivity index (χ1v) is 6.59. The van der Waals surface area contributed by atoms with Crippen molar-refractivity contribution in [3.63, 3.8) is 0 Å². The van der Waals surface area contributed by atoms with Crippen molar-refractivity contribution < 1.29 is 14.3 Å². The number of hydrogen-bond acceptors (Lipinski definition) is 4. The minimum Gasteiger partial charge on any atom is -0.384 e. The van der Waals surface area contributed by atoms with Crippen molar-refractivity contribution in [2.75, 3.05) is 20.3 Å². The van der Waals surface area contributed by atoms with Gasteiger partial charge in [0.05, 0.1) is 12.5 Å². The highest BCUT2D eigenvalue weighted by molar-refractivity contribution is 6.05. The number of nitrogens with one attached hydrogen (secondary N) is 1. The van der Waals surface area contributed by atoms with Crippen molar-refractivity contribution in [1.29, 1.82) is 0 Å². The van der Waals surface area contributed by atoms with Crippen LogP contribution in [0.3, 0.4) is 0 Å². The standard InChI is InChI=1S/C13H24N2O3/c1-5-10(3)15-12(16)6-11(13(15)17)14-7-9(2)8-18-4/h9-11,14H,5-8H2,1-4H3. The zero-order valence-electron chi connectivity index (χ0n) is 11.7. The number of hydrogen-bond donors (Lipinski definition) is 1. The molecule has 0 aromatic carbocycles. The molecule has 1 aliphatic rings. The van der Waals surface area contributed by atoms with Crippen LogP contribution in [0.5, 0.6) is 0 Å². The van der Waals surface area contributed by atoms with E-state index in [4.69, 9.17) is 4.74 Å². The Hall–Kier alpha value is -0.940. The summed E-state index contributed by atoms with van der Waals surface area (Å²) in [7, 11) is 1.66. The Morgan fingerprint density at radius 1 is 1.44 bits per heavy atom. The molecule has 1 heterocycles. The lowest BCUT2D eigenvalue weighted by atomic mass is 10.1. The van der Waals surface area contributed by atoms with E-state index < -0.39 is 0 Å². The Morgan fingerprint density at radius 2 is 2.11 bits per heavy atom. The third-order valence-electron chi connectivity index (χ3n) is 3.38. The van der Waals surface area contributed by atoms with E-state index in [-0.39, 0.29) is 30.3 Å². The van der Waals surface area contributed by atoms with Gasteiger partial charge >= 0.3 is 0 Å². The topological polar surface area (TPSA) is 58.6 Å². The number of ether oxygens (including phenoxy) is 1. The number of rotatable bonds is 7. The number of nitrogens with zero attached hydrogens (tertiary/aromatic N) is 1. The Bertz CT molecular complexity index is 307. The highest BCUT2D eigenvalue weighted by Crippen LogP contribution is 2.18. The zero-order chi connectivity index (χ0) is 13.7. The van der Waals surface area contributed by atoms with Crippen molar-refractivity contribution in [3.05, 3.63) is 0 Å². The molecule has 5 heteroatoms. The number of likely N-dealkylation sites (tertiary alicyclic amines) is 1. The van der Waals surface area contributed by atoms with Crippen molar-refractivity contribution in [2.45, 2.75) is 45.7 Å². The molecule has 0 aromatic heterocycles. The fourth-order valence-corrected chi connectivity index (χ4v) is 2.14. The van der Waals surface area contributed by atoms with Crippen LogP contribution in [0.25, 0.3) is 0 Å². The first-order valence-electron chi connectivity index (χ1n) is 6.59. The van der Waals surface area contributed by atoms with Gasteiger partial charge in [0.15, 0.2) is 0 Å². The summed E-state index contributed by atoms with van der Waals surface area (Å²) in [6.07, 6.45) is 1.08. The molecule has 5 nitrogen and oxygen atoms in total. The molecule has 1 aliphatic heterocycles. The fourth-order valence-electron chi connectivity index (χ4n) is 2.14. The molecule has 104 valence electrons. The molecule has 2 amide bonds. The van der Waals surface area contributed by atoms with Gasteiger partial charge in [0.2, 0.25) is 11.8 Å². The molecule has 3 unspecified atom stereocenters. The van der Waals surface area contributed by atoms with Gasteiger partial charge in [0.1, 0.15) is 0 Å². The van der Waals surface area contributed by atoms with Gasteiger partial charge in [-0.3, -0.25) is 14.5 Å². The van der Waals surface area contributed by atoms with Gasteiger partial charge < -0.3 is 10.1 Å². The lowest BCUT2D eigenvalue weighted by molar-refractivity contribution is -0.141. The van der Waals surface area contributed by atoms with Gasteiger partial charge in [0.25, 0.3) is 0 Å². The van der Waals surface area contributed by atoms with Crippen molar-refractivity contribution in [3.8, 4) is 0 Å². The molecular weight excluding hydrogens is 232 g/mol. The molecular formula is C13H24N2O3. The minimum atomic E-state index is -0.356. The van der Waals surface area contributed by atoms with E-state index >= 15 is 0 Å². The van der Waals surface area contributed by atoms with Crippen LogP contribution in [0.4, 0.5) is 0 Å². The van der Waals surface area contributed by atoms with Crippen molar-refractivity contribution >= 4 is 11.8 Å². The Balaban J connectivity index is 2.50. The van der Waals surface area contributed by atoms with Gasteiger partial charge in [0, 0.05) is 26.3 Å². The maximum Gasteiger partial charge on any atom is 0.247 e. The van der Waals surface area contributed by atoms with E-state index in [2.05, 4.69) is 5.32 Å². The highest BCUT2D eigenvalue weighted by atomic mass is 16.5. The fraction of sp³-hybridized carbons (Fsp3) is 0.846. The summed E-state index contributed by atoms with van der Waals surface area (Å²) < 4.78 is 5.04. The first kappa shape index (κ1) is 15.1. The van der Waals surface area contributed by atoms with Crippen LogP contribution in [0.15, 0.2) is 0 Å². The Labute approximate surface area is 109 Å². The minimum absolute atomic E-state index is 0.00630. The van der Waals surface area contributed by atoms with E-state index in [1.54, 1.807) is 7.11 Å². The third-order valence-corrected chi connectivity index (χ3v) is 3.38. The number of carbonyl (C=O) groups is 2. The molecule has 3 atom stereocenters. The predicted molar refractivity (Wildman–Crippen MR) is 69.1 cm³/mol. The number of imide groups is 1. The smallest absolute Gasteiger partial charge is 0.247 e. The second-order valence-corrected chi connectivity index (χ2v) is 5.08. The van der Waals surface area contributed by atoms with E-state index in [0.29, 0.717) is 19.1 Å². The van der Waals surface area contributed by atoms with Crippen molar-refractivity contribution in [1.82, 2.24) is 10.2 Å². The van der Waals surface area contributed by atoms with E-state index in [1.807, 2.05) is 20.8 Å². The average Bonchev–Trinajstić information content (AvgIpc) is 2.61. The molecule has 1 N–H and O–H groups in total. The summed E-state index contributed by atoms with van der Waals surface area (Å²) in [5.74, 6) is 0.181. The van der Waals surface area contributed by atoms with Gasteiger partial charge in [-0.25, -0.2) is 0 Å². The largest absolute Gasteiger partial charge is 0.384 e. The summed E-state index contributed by atoms with van der Waals surface area (Å²) in [4.78, 5) is 25.3. The zero-order valence-corrected chi connectivity index (χ0v) is 11.7. The summed E-state index contributed by atoms with van der Waals surface area (Å²) in [6, 6.07) is -0.362. The highest BCUT2D eigenvalue weighted by Gasteiger charge is 2.40. The SMILES string of the molecule is CCC(C)N1C(=O)CC(NCC(C)COC)C1=O. The number of carbonyl (C=O) groups excluding carboxylic acids is 2. The molecule has 0 aromatic rings. The van der Waals surface area contributed by atoms with Crippen LogP contribution in [-0.2, 0) is 14.3 Å². The molecule has 0 saturated carbocycles. The van der Waals surface area contributed by atoms with E-state index in [1.165, 1.54) is 4.90 Å². The molecule has 0 aliphatic carbocycles. The summed E-state index contributed by atoms with van der Waals surface area (Å²) in [6.45, 7) is 7.27. The quantitative estimate of drug-likeness (QED) is 0.684. The second-order valence-electron chi connectivity index (χ2n) is 5.08. The molecule has 0 bridgehead atoms.